The van der Waals surface area contributed by atoms with Crippen LogP contribution in [0.25, 0.3) is 0 Å². The maximum absolute atomic E-state index is 12.0. The van der Waals surface area contributed by atoms with Gasteiger partial charge in [0.15, 0.2) is 0 Å². The number of rotatable bonds is 5. The minimum atomic E-state index is -0.255. The first kappa shape index (κ1) is 14.3. The van der Waals surface area contributed by atoms with E-state index < -0.39 is 0 Å². The van der Waals surface area contributed by atoms with Crippen molar-refractivity contribution in [1.82, 2.24) is 9.97 Å². The van der Waals surface area contributed by atoms with Gasteiger partial charge in [-0.2, -0.15) is 0 Å². The molecule has 5 nitrogen and oxygen atoms in total. The average molecular weight is 291 g/mol. The summed E-state index contributed by atoms with van der Waals surface area (Å²) in [5, 5.41) is 6.35. The largest absolute Gasteiger partial charge is 0.370 e. The lowest BCUT2D eigenvalue weighted by molar-refractivity contribution is 0.102. The Kier molecular flexibility index (Phi) is 4.90. The highest BCUT2D eigenvalue weighted by Gasteiger charge is 2.07. The van der Waals surface area contributed by atoms with E-state index in [-0.39, 0.29) is 5.91 Å². The van der Waals surface area contributed by atoms with Gasteiger partial charge < -0.3 is 10.6 Å². The molecule has 0 bridgehead atoms. The molecule has 2 rings (SSSR count). The summed E-state index contributed by atoms with van der Waals surface area (Å²) >= 11 is 5.73. The molecule has 6 heteroatoms. The summed E-state index contributed by atoms with van der Waals surface area (Å²) in [6.07, 6.45) is 4.03. The summed E-state index contributed by atoms with van der Waals surface area (Å²) < 4.78 is 0. The number of halogens is 1. The lowest BCUT2D eigenvalue weighted by Gasteiger charge is -2.06. The van der Waals surface area contributed by atoms with Gasteiger partial charge in [0.25, 0.3) is 5.91 Å². The molecule has 2 heterocycles. The smallest absolute Gasteiger partial charge is 0.258 e. The Hall–Kier alpha value is -2.14. The molecule has 0 aliphatic rings. The van der Waals surface area contributed by atoms with Crippen molar-refractivity contribution in [2.24, 2.45) is 0 Å². The van der Waals surface area contributed by atoms with Crippen LogP contribution in [0.3, 0.4) is 0 Å². The third-order valence-electron chi connectivity index (χ3n) is 2.55. The molecule has 0 atom stereocenters. The molecule has 0 aliphatic heterocycles. The Bertz CT molecular complexity index is 569. The van der Waals surface area contributed by atoms with Gasteiger partial charge in [0, 0.05) is 18.9 Å². The summed E-state index contributed by atoms with van der Waals surface area (Å²) in [5.41, 5.74) is 0.476. The van der Waals surface area contributed by atoms with Gasteiger partial charge in [-0.05, 0) is 30.7 Å². The number of hydrogen-bond donors (Lipinski definition) is 2. The number of aromatic nitrogens is 2. The Labute approximate surface area is 122 Å². The van der Waals surface area contributed by atoms with Crippen LogP contribution < -0.4 is 10.6 Å². The molecule has 0 unspecified atom stereocenters. The highest BCUT2D eigenvalue weighted by molar-refractivity contribution is 6.30. The molecule has 0 radical (unpaired) electrons. The maximum atomic E-state index is 12.0. The molecule has 2 aromatic heterocycles. The van der Waals surface area contributed by atoms with E-state index in [1.807, 2.05) is 0 Å². The summed E-state index contributed by atoms with van der Waals surface area (Å²) in [6.45, 7) is 2.93. The van der Waals surface area contributed by atoms with Gasteiger partial charge in [0.05, 0.1) is 10.6 Å². The van der Waals surface area contributed by atoms with Crippen molar-refractivity contribution in [1.29, 1.82) is 0 Å². The first-order valence-electron chi connectivity index (χ1n) is 6.32. The third-order valence-corrected chi connectivity index (χ3v) is 2.77. The second kappa shape index (κ2) is 6.86. The van der Waals surface area contributed by atoms with Gasteiger partial charge in [-0.3, -0.25) is 4.79 Å². The van der Waals surface area contributed by atoms with Crippen LogP contribution in [0.5, 0.6) is 0 Å². The fourth-order valence-corrected chi connectivity index (χ4v) is 1.64. The van der Waals surface area contributed by atoms with Crippen LogP contribution in [0.4, 0.5) is 11.6 Å². The molecule has 0 saturated heterocycles. The van der Waals surface area contributed by atoms with Crippen molar-refractivity contribution >= 4 is 29.1 Å². The normalized spacial score (nSPS) is 10.1. The minimum Gasteiger partial charge on any atom is -0.370 e. The molecule has 2 aromatic rings. The predicted molar refractivity (Wildman–Crippen MR) is 80.2 cm³/mol. The lowest BCUT2D eigenvalue weighted by atomic mass is 10.2. The number of hydrogen-bond acceptors (Lipinski definition) is 4. The van der Waals surface area contributed by atoms with E-state index in [1.165, 1.54) is 12.4 Å². The van der Waals surface area contributed by atoms with Crippen molar-refractivity contribution in [3.63, 3.8) is 0 Å². The van der Waals surface area contributed by atoms with Gasteiger partial charge >= 0.3 is 0 Å². The Morgan fingerprint density at radius 1 is 1.15 bits per heavy atom. The Morgan fingerprint density at radius 2 is 1.90 bits per heavy atom. The maximum Gasteiger partial charge on any atom is 0.258 e. The van der Waals surface area contributed by atoms with Gasteiger partial charge in [-0.25, -0.2) is 9.97 Å². The zero-order chi connectivity index (χ0) is 14.4. The second-order valence-corrected chi connectivity index (χ2v) is 4.61. The van der Waals surface area contributed by atoms with E-state index in [0.717, 1.165) is 18.8 Å². The molecule has 2 N–H and O–H groups in total. The van der Waals surface area contributed by atoms with E-state index in [9.17, 15) is 4.79 Å². The number of amides is 1. The molecule has 0 aromatic carbocycles. The number of carbonyl (C=O) groups excluding carboxylic acids is 1. The van der Waals surface area contributed by atoms with Crippen molar-refractivity contribution in [2.45, 2.75) is 13.3 Å². The zero-order valence-corrected chi connectivity index (χ0v) is 11.8. The monoisotopic (exact) mass is 290 g/mol. The van der Waals surface area contributed by atoms with E-state index in [2.05, 4.69) is 27.5 Å². The number of nitrogens with zero attached hydrogens (tertiary/aromatic N) is 2. The van der Waals surface area contributed by atoms with Crippen LogP contribution in [-0.2, 0) is 0 Å². The van der Waals surface area contributed by atoms with Crippen LogP contribution in [-0.4, -0.2) is 22.4 Å². The SMILES string of the molecule is CCCNc1ccc(C(=O)Nc2ccc(Cl)cn2)cn1. The van der Waals surface area contributed by atoms with Crippen molar-refractivity contribution in [3.05, 3.63) is 47.2 Å². The second-order valence-electron chi connectivity index (χ2n) is 4.17. The Balaban J connectivity index is 2.00. The van der Waals surface area contributed by atoms with E-state index >= 15 is 0 Å². The summed E-state index contributed by atoms with van der Waals surface area (Å²) in [5.74, 6) is 0.954. The number of anilines is 2. The molecule has 20 heavy (non-hydrogen) atoms. The number of pyridine rings is 2. The molecule has 104 valence electrons. The highest BCUT2D eigenvalue weighted by atomic mass is 35.5. The quantitative estimate of drug-likeness (QED) is 0.887. The van der Waals surface area contributed by atoms with E-state index in [1.54, 1.807) is 24.3 Å². The standard InChI is InChI=1S/C14H15ClN4O/c1-2-7-16-12-5-3-10(8-17-12)14(20)19-13-6-4-11(15)9-18-13/h3-6,8-9H,2,7H2,1H3,(H,16,17)(H,18,19,20). The topological polar surface area (TPSA) is 66.9 Å². The zero-order valence-electron chi connectivity index (χ0n) is 11.1. The molecule has 0 fully saturated rings. The van der Waals surface area contributed by atoms with Crippen LogP contribution in [0.15, 0.2) is 36.7 Å². The number of nitrogens with one attached hydrogen (secondary N) is 2. The van der Waals surface area contributed by atoms with Gasteiger partial charge in [-0.15, -0.1) is 0 Å². The summed E-state index contributed by atoms with van der Waals surface area (Å²) in [7, 11) is 0. The van der Waals surface area contributed by atoms with Crippen LogP contribution >= 0.6 is 11.6 Å². The highest BCUT2D eigenvalue weighted by Crippen LogP contribution is 2.11. The minimum absolute atomic E-state index is 0.255. The fraction of sp³-hybridized carbons (Fsp3) is 0.214. The lowest BCUT2D eigenvalue weighted by Crippen LogP contribution is -2.13. The average Bonchev–Trinajstić information content (AvgIpc) is 2.48. The molecule has 1 amide bonds. The summed E-state index contributed by atoms with van der Waals surface area (Å²) in [4.78, 5) is 20.2. The molecule has 0 aliphatic carbocycles. The van der Waals surface area contributed by atoms with Gasteiger partial charge in [0.1, 0.15) is 11.6 Å². The van der Waals surface area contributed by atoms with E-state index in [4.69, 9.17) is 11.6 Å². The van der Waals surface area contributed by atoms with Gasteiger partial charge in [0.2, 0.25) is 0 Å². The van der Waals surface area contributed by atoms with Crippen LogP contribution in [0.1, 0.15) is 23.7 Å². The molecule has 0 spiro atoms. The van der Waals surface area contributed by atoms with Crippen molar-refractivity contribution < 1.29 is 4.79 Å². The van der Waals surface area contributed by atoms with Gasteiger partial charge in [-0.1, -0.05) is 18.5 Å². The van der Waals surface area contributed by atoms with Crippen molar-refractivity contribution in [2.75, 3.05) is 17.2 Å². The molecular weight excluding hydrogens is 276 g/mol. The first-order valence-corrected chi connectivity index (χ1v) is 6.69. The third kappa shape index (κ3) is 3.93. The predicted octanol–water partition coefficient (Wildman–Crippen LogP) is 3.20. The van der Waals surface area contributed by atoms with Crippen molar-refractivity contribution in [3.8, 4) is 0 Å². The fourth-order valence-electron chi connectivity index (χ4n) is 1.52. The number of carbonyl (C=O) groups is 1. The Morgan fingerprint density at radius 3 is 2.50 bits per heavy atom. The van der Waals surface area contributed by atoms with Crippen LogP contribution in [0, 0.1) is 0 Å². The molecule has 0 saturated carbocycles. The molecular formula is C14H15ClN4O. The van der Waals surface area contributed by atoms with E-state index in [0.29, 0.717) is 16.4 Å². The van der Waals surface area contributed by atoms with Crippen LogP contribution in [0.2, 0.25) is 5.02 Å². The first-order chi connectivity index (χ1) is 9.69. The summed E-state index contributed by atoms with van der Waals surface area (Å²) in [6, 6.07) is 6.81.